The second-order valence-corrected chi connectivity index (χ2v) is 4.94. The Balaban J connectivity index is 1.93. The van der Waals surface area contributed by atoms with Crippen molar-refractivity contribution < 1.29 is 0 Å². The Morgan fingerprint density at radius 1 is 1.11 bits per heavy atom. The first-order chi connectivity index (χ1) is 9.33. The van der Waals surface area contributed by atoms with E-state index in [0.717, 1.165) is 25.9 Å². The topological polar surface area (TPSA) is 17.0 Å². The van der Waals surface area contributed by atoms with Gasteiger partial charge in [-0.25, -0.2) is 0 Å². The normalized spacial score (nSPS) is 12.5. The van der Waals surface area contributed by atoms with Crippen LogP contribution in [0.1, 0.15) is 37.4 Å². The van der Waals surface area contributed by atoms with Crippen molar-refractivity contribution in [2.24, 2.45) is 0 Å². The molecule has 1 unspecified atom stereocenters. The number of hydrogen-bond acceptors (Lipinski definition) is 1. The largest absolute Gasteiger partial charge is 0.354 e. The maximum Gasteiger partial charge on any atom is 0.0332 e. The maximum atomic E-state index is 3.52. The zero-order chi connectivity index (χ0) is 13.5. The van der Waals surface area contributed by atoms with Gasteiger partial charge < -0.3 is 9.88 Å². The van der Waals surface area contributed by atoms with Gasteiger partial charge in [0, 0.05) is 25.0 Å². The van der Waals surface area contributed by atoms with Gasteiger partial charge in [-0.05, 0) is 36.6 Å². The fourth-order valence-corrected chi connectivity index (χ4v) is 2.45. The van der Waals surface area contributed by atoms with Crippen LogP contribution in [0, 0.1) is 0 Å². The number of aryl methyl sites for hydroxylation is 2. The lowest BCUT2D eigenvalue weighted by atomic mass is 10.1. The first-order valence-electron chi connectivity index (χ1n) is 7.26. The van der Waals surface area contributed by atoms with Crippen LogP contribution >= 0.6 is 0 Å². The summed E-state index contributed by atoms with van der Waals surface area (Å²) in [4.78, 5) is 0. The van der Waals surface area contributed by atoms with Crippen LogP contribution in [0.3, 0.4) is 0 Å². The molecule has 0 saturated heterocycles. The van der Waals surface area contributed by atoms with Crippen LogP contribution in [-0.4, -0.2) is 11.1 Å². The van der Waals surface area contributed by atoms with Crippen molar-refractivity contribution in [3.8, 4) is 0 Å². The third-order valence-electron chi connectivity index (χ3n) is 3.54. The van der Waals surface area contributed by atoms with E-state index in [1.165, 1.54) is 11.1 Å². The molecule has 0 aliphatic heterocycles. The van der Waals surface area contributed by atoms with Crippen molar-refractivity contribution >= 4 is 0 Å². The molecule has 102 valence electrons. The highest BCUT2D eigenvalue weighted by Crippen LogP contribution is 2.17. The lowest BCUT2D eigenvalue weighted by Crippen LogP contribution is -2.19. The van der Waals surface area contributed by atoms with Gasteiger partial charge in [0.25, 0.3) is 0 Å². The molecule has 1 atom stereocenters. The third kappa shape index (κ3) is 3.97. The van der Waals surface area contributed by atoms with Gasteiger partial charge in [-0.3, -0.25) is 0 Å². The quantitative estimate of drug-likeness (QED) is 0.797. The van der Waals surface area contributed by atoms with Crippen molar-refractivity contribution in [1.82, 2.24) is 9.88 Å². The van der Waals surface area contributed by atoms with Crippen LogP contribution in [0.2, 0.25) is 0 Å². The van der Waals surface area contributed by atoms with Crippen LogP contribution in [0.25, 0.3) is 0 Å². The average molecular weight is 256 g/mol. The average Bonchev–Trinajstić information content (AvgIpc) is 2.92. The number of benzene rings is 1. The minimum atomic E-state index is 0.489. The predicted octanol–water partition coefficient (Wildman–Crippen LogP) is 3.79. The fraction of sp³-hybridized carbons (Fsp3) is 0.412. The zero-order valence-electron chi connectivity index (χ0n) is 12.0. The van der Waals surface area contributed by atoms with E-state index >= 15 is 0 Å². The van der Waals surface area contributed by atoms with Crippen LogP contribution in [0.15, 0.2) is 48.8 Å². The molecule has 0 radical (unpaired) electrons. The van der Waals surface area contributed by atoms with E-state index in [2.05, 4.69) is 72.5 Å². The molecule has 2 aromatic rings. The SMILES string of the molecule is CCNC(CC)c1ccn(CCc2ccccc2)c1. The molecule has 0 spiro atoms. The van der Waals surface area contributed by atoms with Gasteiger partial charge in [0.05, 0.1) is 0 Å². The van der Waals surface area contributed by atoms with Crippen molar-refractivity contribution in [1.29, 1.82) is 0 Å². The Bertz CT molecular complexity index is 473. The van der Waals surface area contributed by atoms with Gasteiger partial charge in [-0.2, -0.15) is 0 Å². The highest BCUT2D eigenvalue weighted by atomic mass is 15.0. The van der Waals surface area contributed by atoms with Crippen LogP contribution in [-0.2, 0) is 13.0 Å². The number of aromatic nitrogens is 1. The van der Waals surface area contributed by atoms with Gasteiger partial charge in [0.1, 0.15) is 0 Å². The molecule has 1 aromatic carbocycles. The van der Waals surface area contributed by atoms with E-state index in [-0.39, 0.29) is 0 Å². The van der Waals surface area contributed by atoms with E-state index in [4.69, 9.17) is 0 Å². The number of rotatable bonds is 7. The van der Waals surface area contributed by atoms with Crippen molar-refractivity contribution in [2.45, 2.75) is 39.3 Å². The Hall–Kier alpha value is -1.54. The van der Waals surface area contributed by atoms with Gasteiger partial charge in [-0.15, -0.1) is 0 Å². The highest BCUT2D eigenvalue weighted by molar-refractivity contribution is 5.17. The standard InChI is InChI=1S/C17H24N2/c1-3-17(18-4-2)16-11-13-19(14-16)12-10-15-8-6-5-7-9-15/h5-9,11,13-14,17-18H,3-4,10,12H2,1-2H3. The molecule has 2 heteroatoms. The molecule has 0 aliphatic carbocycles. The molecule has 19 heavy (non-hydrogen) atoms. The second kappa shape index (κ2) is 7.15. The summed E-state index contributed by atoms with van der Waals surface area (Å²) < 4.78 is 2.29. The third-order valence-corrected chi connectivity index (χ3v) is 3.54. The monoisotopic (exact) mass is 256 g/mol. The number of hydrogen-bond donors (Lipinski definition) is 1. The molecule has 0 fully saturated rings. The molecular weight excluding hydrogens is 232 g/mol. The van der Waals surface area contributed by atoms with Crippen LogP contribution in [0.4, 0.5) is 0 Å². The van der Waals surface area contributed by atoms with Gasteiger partial charge in [-0.1, -0.05) is 44.2 Å². The smallest absolute Gasteiger partial charge is 0.0332 e. The lowest BCUT2D eigenvalue weighted by Gasteiger charge is -2.14. The molecule has 0 saturated carbocycles. The van der Waals surface area contributed by atoms with E-state index in [1.54, 1.807) is 0 Å². The molecule has 1 heterocycles. The van der Waals surface area contributed by atoms with Gasteiger partial charge >= 0.3 is 0 Å². The summed E-state index contributed by atoms with van der Waals surface area (Å²) in [6.45, 7) is 6.46. The van der Waals surface area contributed by atoms with Crippen molar-refractivity contribution in [2.75, 3.05) is 6.54 Å². The summed E-state index contributed by atoms with van der Waals surface area (Å²) in [5, 5.41) is 3.52. The minimum Gasteiger partial charge on any atom is -0.354 e. The van der Waals surface area contributed by atoms with E-state index < -0.39 is 0 Å². The van der Waals surface area contributed by atoms with E-state index in [9.17, 15) is 0 Å². The Morgan fingerprint density at radius 3 is 2.58 bits per heavy atom. The molecule has 2 rings (SSSR count). The van der Waals surface area contributed by atoms with Crippen molar-refractivity contribution in [3.63, 3.8) is 0 Å². The second-order valence-electron chi connectivity index (χ2n) is 4.94. The summed E-state index contributed by atoms with van der Waals surface area (Å²) in [7, 11) is 0. The predicted molar refractivity (Wildman–Crippen MR) is 81.3 cm³/mol. The molecule has 2 nitrogen and oxygen atoms in total. The molecule has 1 N–H and O–H groups in total. The number of nitrogens with zero attached hydrogens (tertiary/aromatic N) is 1. The Kier molecular flexibility index (Phi) is 5.22. The highest BCUT2D eigenvalue weighted by Gasteiger charge is 2.08. The molecule has 0 bridgehead atoms. The lowest BCUT2D eigenvalue weighted by molar-refractivity contribution is 0.535. The molecule has 0 amide bonds. The maximum absolute atomic E-state index is 3.52. The van der Waals surface area contributed by atoms with Crippen LogP contribution in [0.5, 0.6) is 0 Å². The van der Waals surface area contributed by atoms with Gasteiger partial charge in [0.15, 0.2) is 0 Å². The first-order valence-corrected chi connectivity index (χ1v) is 7.26. The van der Waals surface area contributed by atoms with Gasteiger partial charge in [0.2, 0.25) is 0 Å². The summed E-state index contributed by atoms with van der Waals surface area (Å²) in [5.41, 5.74) is 2.80. The van der Waals surface area contributed by atoms with E-state index in [0.29, 0.717) is 6.04 Å². The molecule has 1 aromatic heterocycles. The van der Waals surface area contributed by atoms with E-state index in [1.807, 2.05) is 0 Å². The first kappa shape index (κ1) is 13.9. The summed E-state index contributed by atoms with van der Waals surface area (Å²) >= 11 is 0. The zero-order valence-corrected chi connectivity index (χ0v) is 12.0. The summed E-state index contributed by atoms with van der Waals surface area (Å²) in [6, 6.07) is 13.4. The van der Waals surface area contributed by atoms with Crippen LogP contribution < -0.4 is 5.32 Å². The summed E-state index contributed by atoms with van der Waals surface area (Å²) in [5.74, 6) is 0. The summed E-state index contributed by atoms with van der Waals surface area (Å²) in [6.07, 6.45) is 6.70. The molecule has 0 aliphatic rings. The Labute approximate surface area is 116 Å². The minimum absolute atomic E-state index is 0.489. The fourth-order valence-electron chi connectivity index (χ4n) is 2.45. The number of nitrogens with one attached hydrogen (secondary N) is 1. The van der Waals surface area contributed by atoms with Crippen molar-refractivity contribution in [3.05, 3.63) is 59.9 Å². The molecular formula is C17H24N2. The Morgan fingerprint density at radius 2 is 1.89 bits per heavy atom.